The zero-order valence-corrected chi connectivity index (χ0v) is 13.6. The summed E-state index contributed by atoms with van der Waals surface area (Å²) >= 11 is 0. The van der Waals surface area contributed by atoms with Gasteiger partial charge in [-0.05, 0) is 37.3 Å². The van der Waals surface area contributed by atoms with Crippen LogP contribution in [-0.2, 0) is 0 Å². The quantitative estimate of drug-likeness (QED) is 0.945. The summed E-state index contributed by atoms with van der Waals surface area (Å²) in [5, 5.41) is 7.22. The number of carbonyl (C=O) groups excluding carboxylic acids is 1. The van der Waals surface area contributed by atoms with Crippen molar-refractivity contribution in [3.63, 3.8) is 0 Å². The Kier molecular flexibility index (Phi) is 4.60. The van der Waals surface area contributed by atoms with Gasteiger partial charge in [0.15, 0.2) is 5.82 Å². The lowest BCUT2D eigenvalue weighted by molar-refractivity contribution is 0.138. The zero-order valence-electron chi connectivity index (χ0n) is 13.6. The number of rotatable bonds is 3. The van der Waals surface area contributed by atoms with Gasteiger partial charge in [-0.3, -0.25) is 0 Å². The average molecular weight is 313 g/mol. The Morgan fingerprint density at radius 1 is 1.35 bits per heavy atom. The predicted octanol–water partition coefficient (Wildman–Crippen LogP) is 3.31. The lowest BCUT2D eigenvalue weighted by Crippen LogP contribution is -2.48. The minimum atomic E-state index is -0.0380. The molecule has 0 aliphatic carbocycles. The van der Waals surface area contributed by atoms with Crippen molar-refractivity contribution in [2.75, 3.05) is 11.9 Å². The van der Waals surface area contributed by atoms with Gasteiger partial charge in [-0.15, -0.1) is 0 Å². The number of nitrogens with zero attached hydrogens (tertiary/aromatic N) is 4. The third-order valence-corrected chi connectivity index (χ3v) is 4.30. The maximum atomic E-state index is 12.6. The van der Waals surface area contributed by atoms with Gasteiger partial charge in [0.05, 0.1) is 18.1 Å². The number of carbonyl (C=O) groups is 1. The SMILES string of the molecule is CC(C)[C@H]1CCCCN1C(=O)Nc1cnn(-c2ccccn2)c1. The molecule has 1 saturated heterocycles. The second-order valence-electron chi connectivity index (χ2n) is 6.29. The van der Waals surface area contributed by atoms with Gasteiger partial charge < -0.3 is 10.2 Å². The average Bonchev–Trinajstić information content (AvgIpc) is 3.04. The summed E-state index contributed by atoms with van der Waals surface area (Å²) in [4.78, 5) is 18.8. The molecule has 2 aromatic heterocycles. The molecule has 122 valence electrons. The second kappa shape index (κ2) is 6.81. The van der Waals surface area contributed by atoms with E-state index in [1.807, 2.05) is 23.1 Å². The van der Waals surface area contributed by atoms with E-state index in [9.17, 15) is 4.79 Å². The Bertz CT molecular complexity index is 652. The summed E-state index contributed by atoms with van der Waals surface area (Å²) in [5.41, 5.74) is 0.689. The molecule has 3 heterocycles. The van der Waals surface area contributed by atoms with Crippen molar-refractivity contribution in [3.8, 4) is 5.82 Å². The topological polar surface area (TPSA) is 63.1 Å². The normalized spacial score (nSPS) is 18.2. The molecule has 0 bridgehead atoms. The number of piperidine rings is 1. The van der Waals surface area contributed by atoms with E-state index in [0.717, 1.165) is 25.2 Å². The predicted molar refractivity (Wildman–Crippen MR) is 89.6 cm³/mol. The van der Waals surface area contributed by atoms with Crippen molar-refractivity contribution < 1.29 is 4.79 Å². The highest BCUT2D eigenvalue weighted by Gasteiger charge is 2.29. The molecule has 0 spiro atoms. The lowest BCUT2D eigenvalue weighted by atomic mass is 9.93. The number of pyridine rings is 1. The van der Waals surface area contributed by atoms with Crippen molar-refractivity contribution in [2.45, 2.75) is 39.2 Å². The van der Waals surface area contributed by atoms with E-state index in [4.69, 9.17) is 0 Å². The van der Waals surface area contributed by atoms with Gasteiger partial charge in [0, 0.05) is 18.8 Å². The highest BCUT2D eigenvalue weighted by atomic mass is 16.2. The molecule has 0 saturated carbocycles. The maximum absolute atomic E-state index is 12.6. The minimum Gasteiger partial charge on any atom is -0.321 e. The van der Waals surface area contributed by atoms with Crippen LogP contribution in [0.2, 0.25) is 0 Å². The third-order valence-electron chi connectivity index (χ3n) is 4.30. The fourth-order valence-corrected chi connectivity index (χ4v) is 3.10. The summed E-state index contributed by atoms with van der Waals surface area (Å²) in [6.07, 6.45) is 8.51. The molecule has 2 aromatic rings. The van der Waals surface area contributed by atoms with Crippen molar-refractivity contribution >= 4 is 11.7 Å². The number of likely N-dealkylation sites (tertiary alicyclic amines) is 1. The maximum Gasteiger partial charge on any atom is 0.322 e. The van der Waals surface area contributed by atoms with Gasteiger partial charge in [0.2, 0.25) is 0 Å². The van der Waals surface area contributed by atoms with E-state index in [-0.39, 0.29) is 6.03 Å². The van der Waals surface area contributed by atoms with Gasteiger partial charge in [0.25, 0.3) is 0 Å². The molecule has 0 aromatic carbocycles. The molecule has 1 aliphatic heterocycles. The van der Waals surface area contributed by atoms with E-state index in [1.165, 1.54) is 6.42 Å². The molecule has 23 heavy (non-hydrogen) atoms. The Balaban J connectivity index is 1.69. The fourth-order valence-electron chi connectivity index (χ4n) is 3.10. The summed E-state index contributed by atoms with van der Waals surface area (Å²) in [6.45, 7) is 5.17. The molecular weight excluding hydrogens is 290 g/mol. The number of aromatic nitrogens is 3. The van der Waals surface area contributed by atoms with Crippen LogP contribution in [0, 0.1) is 5.92 Å². The van der Waals surface area contributed by atoms with Crippen LogP contribution >= 0.6 is 0 Å². The van der Waals surface area contributed by atoms with Crippen LogP contribution in [0.3, 0.4) is 0 Å². The van der Waals surface area contributed by atoms with E-state index >= 15 is 0 Å². The zero-order chi connectivity index (χ0) is 16.2. The molecule has 1 fully saturated rings. The molecule has 6 nitrogen and oxygen atoms in total. The van der Waals surface area contributed by atoms with Crippen molar-refractivity contribution in [2.24, 2.45) is 5.92 Å². The van der Waals surface area contributed by atoms with Crippen molar-refractivity contribution in [3.05, 3.63) is 36.8 Å². The summed E-state index contributed by atoms with van der Waals surface area (Å²) in [7, 11) is 0. The van der Waals surface area contributed by atoms with Gasteiger partial charge >= 0.3 is 6.03 Å². The lowest BCUT2D eigenvalue weighted by Gasteiger charge is -2.38. The van der Waals surface area contributed by atoms with Crippen LogP contribution in [0.15, 0.2) is 36.8 Å². The van der Waals surface area contributed by atoms with Crippen LogP contribution in [0.25, 0.3) is 5.82 Å². The minimum absolute atomic E-state index is 0.0380. The first-order valence-corrected chi connectivity index (χ1v) is 8.19. The number of urea groups is 1. The molecular formula is C17H23N5O. The van der Waals surface area contributed by atoms with Crippen LogP contribution in [-0.4, -0.2) is 38.3 Å². The first-order valence-electron chi connectivity index (χ1n) is 8.19. The smallest absolute Gasteiger partial charge is 0.321 e. The Hall–Kier alpha value is -2.37. The largest absolute Gasteiger partial charge is 0.322 e. The monoisotopic (exact) mass is 313 g/mol. The Labute approximate surface area is 136 Å². The van der Waals surface area contributed by atoms with Gasteiger partial charge in [-0.1, -0.05) is 19.9 Å². The van der Waals surface area contributed by atoms with E-state index in [2.05, 4.69) is 29.2 Å². The number of hydrogen-bond acceptors (Lipinski definition) is 3. The summed E-state index contributed by atoms with van der Waals surface area (Å²) < 4.78 is 1.66. The molecule has 1 atom stereocenters. The van der Waals surface area contributed by atoms with Crippen molar-refractivity contribution in [1.29, 1.82) is 0 Å². The van der Waals surface area contributed by atoms with Crippen LogP contribution < -0.4 is 5.32 Å². The Morgan fingerprint density at radius 2 is 2.22 bits per heavy atom. The summed E-state index contributed by atoms with van der Waals surface area (Å²) in [5.74, 6) is 1.20. The first-order chi connectivity index (χ1) is 11.1. The standard InChI is InChI=1S/C17H23N5O/c1-13(2)15-7-4-6-10-21(15)17(23)20-14-11-19-22(12-14)16-8-3-5-9-18-16/h3,5,8-9,11-13,15H,4,6-7,10H2,1-2H3,(H,20,23)/t15-/m1/s1. The van der Waals surface area contributed by atoms with Crippen LogP contribution in [0.1, 0.15) is 33.1 Å². The number of amides is 2. The highest BCUT2D eigenvalue weighted by molar-refractivity contribution is 5.89. The molecule has 3 rings (SSSR count). The molecule has 1 aliphatic rings. The fraction of sp³-hybridized carbons (Fsp3) is 0.471. The van der Waals surface area contributed by atoms with Crippen LogP contribution in [0.4, 0.5) is 10.5 Å². The number of anilines is 1. The molecule has 6 heteroatoms. The second-order valence-corrected chi connectivity index (χ2v) is 6.29. The number of nitrogens with one attached hydrogen (secondary N) is 1. The molecule has 0 unspecified atom stereocenters. The third kappa shape index (κ3) is 3.52. The van der Waals surface area contributed by atoms with Gasteiger partial charge in [-0.2, -0.15) is 5.10 Å². The number of hydrogen-bond donors (Lipinski definition) is 1. The Morgan fingerprint density at radius 3 is 2.96 bits per heavy atom. The van der Waals surface area contributed by atoms with Crippen LogP contribution in [0.5, 0.6) is 0 Å². The van der Waals surface area contributed by atoms with E-state index in [0.29, 0.717) is 17.6 Å². The van der Waals surface area contributed by atoms with Crippen molar-refractivity contribution in [1.82, 2.24) is 19.7 Å². The van der Waals surface area contributed by atoms with E-state index < -0.39 is 0 Å². The first kappa shape index (κ1) is 15.5. The summed E-state index contributed by atoms with van der Waals surface area (Å²) in [6, 6.07) is 5.91. The van der Waals surface area contributed by atoms with Gasteiger partial charge in [-0.25, -0.2) is 14.5 Å². The van der Waals surface area contributed by atoms with Gasteiger partial charge in [0.1, 0.15) is 0 Å². The highest BCUT2D eigenvalue weighted by Crippen LogP contribution is 2.24. The van der Waals surface area contributed by atoms with E-state index in [1.54, 1.807) is 23.3 Å². The molecule has 0 radical (unpaired) electrons. The molecule has 1 N–H and O–H groups in total. The molecule has 2 amide bonds.